The van der Waals surface area contributed by atoms with Crippen molar-refractivity contribution in [3.05, 3.63) is 15.8 Å². The first kappa shape index (κ1) is 22.6. The summed E-state index contributed by atoms with van der Waals surface area (Å²) in [6.07, 6.45) is 1.69. The molecule has 1 aliphatic rings. The molecule has 2 N–H and O–H groups in total. The van der Waals surface area contributed by atoms with E-state index < -0.39 is 10.0 Å². The first-order chi connectivity index (χ1) is 13.3. The highest BCUT2D eigenvalue weighted by atomic mass is 32.2. The van der Waals surface area contributed by atoms with Gasteiger partial charge in [0, 0.05) is 43.0 Å². The number of ether oxygens (including phenoxy) is 1. The summed E-state index contributed by atoms with van der Waals surface area (Å²) in [5.41, 5.74) is 0. The van der Waals surface area contributed by atoms with Crippen LogP contribution in [0.2, 0.25) is 0 Å². The van der Waals surface area contributed by atoms with Crippen LogP contribution in [0, 0.1) is 19.8 Å². The highest BCUT2D eigenvalue weighted by molar-refractivity contribution is 7.89. The van der Waals surface area contributed by atoms with Crippen molar-refractivity contribution in [3.8, 4) is 0 Å². The van der Waals surface area contributed by atoms with Crippen LogP contribution < -0.4 is 10.0 Å². The smallest absolute Gasteiger partial charge is 0.310 e. The molecule has 1 aromatic rings. The normalized spacial score (nSPS) is 18.2. The van der Waals surface area contributed by atoms with Gasteiger partial charge >= 0.3 is 5.97 Å². The molecular weight excluding hydrogens is 400 g/mol. The minimum atomic E-state index is -3.52. The quantitative estimate of drug-likeness (QED) is 0.294. The molecule has 10 heteroatoms. The summed E-state index contributed by atoms with van der Waals surface area (Å²) in [5, 5.41) is 3.17. The van der Waals surface area contributed by atoms with E-state index in [1.807, 2.05) is 18.7 Å². The van der Waals surface area contributed by atoms with Crippen molar-refractivity contribution in [2.45, 2.75) is 38.5 Å². The zero-order chi connectivity index (χ0) is 20.7. The summed E-state index contributed by atoms with van der Waals surface area (Å²) < 4.78 is 32.6. The molecule has 0 bridgehead atoms. The van der Waals surface area contributed by atoms with E-state index in [0.717, 1.165) is 29.1 Å². The largest absolute Gasteiger partial charge is 0.466 e. The van der Waals surface area contributed by atoms with Gasteiger partial charge in [-0.3, -0.25) is 9.79 Å². The predicted molar refractivity (Wildman–Crippen MR) is 111 cm³/mol. The zero-order valence-corrected chi connectivity index (χ0v) is 18.6. The van der Waals surface area contributed by atoms with E-state index in [0.29, 0.717) is 30.6 Å². The second-order valence-corrected chi connectivity index (χ2v) is 9.88. The Hall–Kier alpha value is -1.65. The summed E-state index contributed by atoms with van der Waals surface area (Å²) >= 11 is 1.47. The maximum atomic E-state index is 12.4. The lowest BCUT2D eigenvalue weighted by molar-refractivity contribution is -0.149. The molecule has 1 fully saturated rings. The van der Waals surface area contributed by atoms with Crippen molar-refractivity contribution < 1.29 is 17.9 Å². The Bertz CT molecular complexity index is 805. The van der Waals surface area contributed by atoms with Crippen LogP contribution >= 0.6 is 11.3 Å². The number of aliphatic imine (C=N–C) groups is 1. The molecule has 0 radical (unpaired) electrons. The third-order valence-corrected chi connectivity index (χ3v) is 7.22. The standard InChI is InChI=1S/C18H30N4O4S2/c1-5-26-17(23)15-7-6-10-22(12-15)18(19-4)20-8-9-21-28(24,25)16-11-13(2)27-14(16)3/h11,15,21H,5-10,12H2,1-4H3,(H,19,20)/t15-/m1/s1. The monoisotopic (exact) mass is 430 g/mol. The number of hydrogen-bond acceptors (Lipinski definition) is 6. The number of thiophene rings is 1. The van der Waals surface area contributed by atoms with Crippen molar-refractivity contribution in [1.82, 2.24) is 14.9 Å². The molecule has 1 aromatic heterocycles. The number of esters is 1. The van der Waals surface area contributed by atoms with E-state index in [9.17, 15) is 13.2 Å². The SMILES string of the molecule is CCOC(=O)[C@@H]1CCCN(C(=NC)NCCNS(=O)(=O)c2cc(C)sc2C)C1. The average Bonchev–Trinajstić information content (AvgIpc) is 3.01. The van der Waals surface area contributed by atoms with Crippen LogP contribution in [0.3, 0.4) is 0 Å². The third-order valence-electron chi connectivity index (χ3n) is 4.54. The molecule has 0 spiro atoms. The number of nitrogens with one attached hydrogen (secondary N) is 2. The van der Waals surface area contributed by atoms with Crippen molar-refractivity contribution in [3.63, 3.8) is 0 Å². The fraction of sp³-hybridized carbons (Fsp3) is 0.667. The molecule has 158 valence electrons. The number of sulfonamides is 1. The summed E-state index contributed by atoms with van der Waals surface area (Å²) in [6, 6.07) is 1.69. The molecule has 0 saturated carbocycles. The fourth-order valence-electron chi connectivity index (χ4n) is 3.27. The van der Waals surface area contributed by atoms with Gasteiger partial charge in [0.25, 0.3) is 0 Å². The molecule has 2 heterocycles. The minimum Gasteiger partial charge on any atom is -0.466 e. The Labute approximate surface area is 171 Å². The van der Waals surface area contributed by atoms with Crippen LogP contribution in [0.4, 0.5) is 0 Å². The fourth-order valence-corrected chi connectivity index (χ4v) is 5.85. The molecule has 1 aliphatic heterocycles. The van der Waals surface area contributed by atoms with Crippen molar-refractivity contribution in [2.24, 2.45) is 10.9 Å². The van der Waals surface area contributed by atoms with Gasteiger partial charge in [-0.1, -0.05) is 0 Å². The van der Waals surface area contributed by atoms with Crippen LogP contribution in [-0.4, -0.2) is 65.1 Å². The van der Waals surface area contributed by atoms with Gasteiger partial charge in [-0.05, 0) is 39.7 Å². The zero-order valence-electron chi connectivity index (χ0n) is 16.9. The van der Waals surface area contributed by atoms with Crippen LogP contribution in [0.5, 0.6) is 0 Å². The van der Waals surface area contributed by atoms with E-state index in [-0.39, 0.29) is 18.4 Å². The first-order valence-electron chi connectivity index (χ1n) is 9.47. The molecule has 1 atom stereocenters. The van der Waals surface area contributed by atoms with Crippen molar-refractivity contribution in [1.29, 1.82) is 0 Å². The molecule has 0 aliphatic carbocycles. The maximum absolute atomic E-state index is 12.4. The molecule has 0 aromatic carbocycles. The number of rotatable bonds is 7. The molecule has 0 unspecified atom stereocenters. The molecule has 28 heavy (non-hydrogen) atoms. The molecule has 8 nitrogen and oxygen atoms in total. The lowest BCUT2D eigenvalue weighted by atomic mass is 9.98. The van der Waals surface area contributed by atoms with Gasteiger partial charge in [0.1, 0.15) is 0 Å². The molecule has 0 amide bonds. The van der Waals surface area contributed by atoms with Crippen molar-refractivity contribution >= 4 is 33.3 Å². The van der Waals surface area contributed by atoms with Gasteiger partial charge < -0.3 is 15.0 Å². The van der Waals surface area contributed by atoms with Gasteiger partial charge in [0.2, 0.25) is 10.0 Å². The van der Waals surface area contributed by atoms with Gasteiger partial charge in [0.15, 0.2) is 5.96 Å². The van der Waals surface area contributed by atoms with Crippen molar-refractivity contribution in [2.75, 3.05) is 39.8 Å². The molecule has 1 saturated heterocycles. The number of guanidine groups is 1. The maximum Gasteiger partial charge on any atom is 0.310 e. The summed E-state index contributed by atoms with van der Waals surface area (Å²) in [5.74, 6) is 0.336. The van der Waals surface area contributed by atoms with Gasteiger partial charge in [-0.15, -0.1) is 11.3 Å². The van der Waals surface area contributed by atoms with E-state index in [2.05, 4.69) is 15.0 Å². The summed E-state index contributed by atoms with van der Waals surface area (Å²) in [7, 11) is -1.84. The lowest BCUT2D eigenvalue weighted by Gasteiger charge is -2.33. The lowest BCUT2D eigenvalue weighted by Crippen LogP contribution is -2.49. The second kappa shape index (κ2) is 10.2. The van der Waals surface area contributed by atoms with Crippen LogP contribution in [0.25, 0.3) is 0 Å². The van der Waals surface area contributed by atoms with E-state index in [1.54, 1.807) is 20.0 Å². The minimum absolute atomic E-state index is 0.157. The van der Waals surface area contributed by atoms with Gasteiger partial charge in [0.05, 0.1) is 17.4 Å². The molecular formula is C18H30N4O4S2. The Balaban J connectivity index is 1.85. The highest BCUT2D eigenvalue weighted by Gasteiger charge is 2.28. The number of aryl methyl sites for hydroxylation is 2. The Morgan fingerprint density at radius 2 is 2.14 bits per heavy atom. The Morgan fingerprint density at radius 3 is 2.75 bits per heavy atom. The van der Waals surface area contributed by atoms with Crippen LogP contribution in [0.15, 0.2) is 16.0 Å². The average molecular weight is 431 g/mol. The highest BCUT2D eigenvalue weighted by Crippen LogP contribution is 2.24. The number of carbonyl (C=O) groups is 1. The number of likely N-dealkylation sites (tertiary alicyclic amines) is 1. The van der Waals surface area contributed by atoms with Gasteiger partial charge in [-0.25, -0.2) is 13.1 Å². The van der Waals surface area contributed by atoms with Crippen LogP contribution in [-0.2, 0) is 19.6 Å². The van der Waals surface area contributed by atoms with E-state index >= 15 is 0 Å². The summed E-state index contributed by atoms with van der Waals surface area (Å²) in [4.78, 5) is 20.4. The number of piperidine rings is 1. The summed E-state index contributed by atoms with van der Waals surface area (Å²) in [6.45, 7) is 7.88. The number of nitrogens with zero attached hydrogens (tertiary/aromatic N) is 2. The Morgan fingerprint density at radius 1 is 1.39 bits per heavy atom. The topological polar surface area (TPSA) is 100 Å². The van der Waals surface area contributed by atoms with Crippen LogP contribution in [0.1, 0.15) is 29.5 Å². The molecule has 2 rings (SSSR count). The first-order valence-corrected chi connectivity index (χ1v) is 11.8. The van der Waals surface area contributed by atoms with E-state index in [1.165, 1.54) is 11.3 Å². The second-order valence-electron chi connectivity index (χ2n) is 6.69. The van der Waals surface area contributed by atoms with Gasteiger partial charge in [-0.2, -0.15) is 0 Å². The Kier molecular flexibility index (Phi) is 8.26. The van der Waals surface area contributed by atoms with E-state index in [4.69, 9.17) is 4.74 Å². The number of carbonyl (C=O) groups excluding carboxylic acids is 1. The number of hydrogen-bond donors (Lipinski definition) is 2. The predicted octanol–water partition coefficient (Wildman–Crippen LogP) is 1.49. The third kappa shape index (κ3) is 5.92.